The number of allylic oxidation sites excluding steroid dienone is 1. The largest absolute Gasteiger partial charge is 0.494 e. The topological polar surface area (TPSA) is 29.5 Å². The van der Waals surface area contributed by atoms with Gasteiger partial charge >= 0.3 is 0 Å². The lowest BCUT2D eigenvalue weighted by Gasteiger charge is -2.04. The fourth-order valence-corrected chi connectivity index (χ4v) is 1.28. The van der Waals surface area contributed by atoms with E-state index in [0.717, 1.165) is 19.3 Å². The molecule has 0 aliphatic heterocycles. The molecule has 1 aromatic carbocycles. The quantitative estimate of drug-likeness (QED) is 0.570. The molecule has 0 saturated carbocycles. The zero-order valence-corrected chi connectivity index (χ0v) is 9.23. The molecule has 0 saturated heterocycles. The maximum absolute atomic E-state index is 12.6. The third-order valence-corrected chi connectivity index (χ3v) is 2.12. The van der Waals surface area contributed by atoms with Crippen LogP contribution in [0.25, 0.3) is 0 Å². The van der Waals surface area contributed by atoms with E-state index in [1.54, 1.807) is 18.2 Å². The van der Waals surface area contributed by atoms with E-state index in [0.29, 0.717) is 12.4 Å². The monoisotopic (exact) mass is 224 g/mol. The molecular formula is C13H17FO2. The van der Waals surface area contributed by atoms with E-state index in [1.165, 1.54) is 12.1 Å². The van der Waals surface area contributed by atoms with Crippen molar-refractivity contribution >= 4 is 0 Å². The van der Waals surface area contributed by atoms with E-state index in [9.17, 15) is 4.39 Å². The van der Waals surface area contributed by atoms with Crippen molar-refractivity contribution in [2.45, 2.75) is 19.3 Å². The standard InChI is InChI=1S/C13H17FO2/c14-12-6-8-13(9-7-12)16-11-5-3-1-2-4-10-15/h2,4,6-9,15H,1,3,5,10-11H2/b4-2+. The van der Waals surface area contributed by atoms with Crippen molar-refractivity contribution in [3.63, 3.8) is 0 Å². The number of rotatable bonds is 7. The lowest BCUT2D eigenvalue weighted by Crippen LogP contribution is -1.96. The van der Waals surface area contributed by atoms with Gasteiger partial charge in [0.25, 0.3) is 0 Å². The van der Waals surface area contributed by atoms with Gasteiger partial charge in [0.15, 0.2) is 0 Å². The van der Waals surface area contributed by atoms with Crippen molar-refractivity contribution in [1.29, 1.82) is 0 Å². The molecule has 0 atom stereocenters. The molecule has 0 fully saturated rings. The number of halogens is 1. The first-order chi connectivity index (χ1) is 7.83. The minimum absolute atomic E-state index is 0.103. The first-order valence-electron chi connectivity index (χ1n) is 5.47. The van der Waals surface area contributed by atoms with Crippen LogP contribution in [-0.4, -0.2) is 18.3 Å². The van der Waals surface area contributed by atoms with Crippen LogP contribution < -0.4 is 4.74 Å². The zero-order chi connectivity index (χ0) is 11.6. The lowest BCUT2D eigenvalue weighted by molar-refractivity contribution is 0.306. The molecule has 0 amide bonds. The number of hydrogen-bond acceptors (Lipinski definition) is 2. The van der Waals surface area contributed by atoms with Crippen molar-refractivity contribution in [2.75, 3.05) is 13.2 Å². The normalized spacial score (nSPS) is 10.9. The second kappa shape index (κ2) is 7.88. The molecule has 0 aliphatic carbocycles. The van der Waals surface area contributed by atoms with Crippen molar-refractivity contribution in [1.82, 2.24) is 0 Å². The SMILES string of the molecule is OC/C=C/CCCCOc1ccc(F)cc1. The van der Waals surface area contributed by atoms with E-state index in [2.05, 4.69) is 0 Å². The summed E-state index contributed by atoms with van der Waals surface area (Å²) < 4.78 is 18.0. The van der Waals surface area contributed by atoms with Crippen LogP contribution >= 0.6 is 0 Å². The highest BCUT2D eigenvalue weighted by Crippen LogP contribution is 2.11. The summed E-state index contributed by atoms with van der Waals surface area (Å²) in [6.45, 7) is 0.741. The van der Waals surface area contributed by atoms with Crippen LogP contribution in [0.2, 0.25) is 0 Å². The lowest BCUT2D eigenvalue weighted by atomic mass is 10.2. The summed E-state index contributed by atoms with van der Waals surface area (Å²) in [5.74, 6) is 0.453. The Bertz CT molecular complexity index is 306. The van der Waals surface area contributed by atoms with Gasteiger partial charge in [-0.3, -0.25) is 0 Å². The fraction of sp³-hybridized carbons (Fsp3) is 0.385. The predicted octanol–water partition coefficient (Wildman–Crippen LogP) is 2.92. The molecule has 0 unspecified atom stereocenters. The Morgan fingerprint density at radius 2 is 1.88 bits per heavy atom. The minimum Gasteiger partial charge on any atom is -0.494 e. The fourth-order valence-electron chi connectivity index (χ4n) is 1.28. The summed E-state index contributed by atoms with van der Waals surface area (Å²) in [6, 6.07) is 6.03. The van der Waals surface area contributed by atoms with Crippen LogP contribution in [0.1, 0.15) is 19.3 Å². The van der Waals surface area contributed by atoms with Gasteiger partial charge in [-0.25, -0.2) is 4.39 Å². The number of ether oxygens (including phenoxy) is 1. The van der Waals surface area contributed by atoms with Crippen LogP contribution in [0, 0.1) is 5.82 Å². The molecule has 88 valence electrons. The first-order valence-corrected chi connectivity index (χ1v) is 5.47. The highest BCUT2D eigenvalue weighted by atomic mass is 19.1. The van der Waals surface area contributed by atoms with E-state index in [-0.39, 0.29) is 12.4 Å². The third kappa shape index (κ3) is 5.51. The molecule has 1 rings (SSSR count). The molecule has 0 radical (unpaired) electrons. The number of aliphatic hydroxyl groups is 1. The highest BCUT2D eigenvalue weighted by molar-refractivity contribution is 5.21. The Balaban J connectivity index is 2.07. The van der Waals surface area contributed by atoms with Crippen LogP contribution in [0.3, 0.4) is 0 Å². The molecule has 0 heterocycles. The maximum Gasteiger partial charge on any atom is 0.123 e. The van der Waals surface area contributed by atoms with Gasteiger partial charge in [0, 0.05) is 0 Å². The molecular weight excluding hydrogens is 207 g/mol. The first kappa shape index (κ1) is 12.7. The van der Waals surface area contributed by atoms with E-state index in [4.69, 9.17) is 9.84 Å². The van der Waals surface area contributed by atoms with Crippen LogP contribution in [0.5, 0.6) is 5.75 Å². The van der Waals surface area contributed by atoms with Gasteiger partial charge in [0.2, 0.25) is 0 Å². The van der Waals surface area contributed by atoms with Gasteiger partial charge in [-0.2, -0.15) is 0 Å². The predicted molar refractivity (Wildman–Crippen MR) is 62.0 cm³/mol. The Kier molecular flexibility index (Phi) is 6.26. The molecule has 0 aliphatic rings. The molecule has 0 aromatic heterocycles. The van der Waals surface area contributed by atoms with Crippen LogP contribution in [-0.2, 0) is 0 Å². The molecule has 0 bridgehead atoms. The smallest absolute Gasteiger partial charge is 0.123 e. The molecule has 1 N–H and O–H groups in total. The Labute approximate surface area is 95.4 Å². The Hall–Kier alpha value is -1.35. The Morgan fingerprint density at radius 3 is 2.56 bits per heavy atom. The third-order valence-electron chi connectivity index (χ3n) is 2.12. The van der Waals surface area contributed by atoms with Crippen molar-refractivity contribution in [2.24, 2.45) is 0 Å². The van der Waals surface area contributed by atoms with E-state index >= 15 is 0 Å². The summed E-state index contributed by atoms with van der Waals surface area (Å²) in [5, 5.41) is 8.50. The van der Waals surface area contributed by atoms with Crippen molar-refractivity contribution in [3.8, 4) is 5.75 Å². The summed E-state index contributed by atoms with van der Waals surface area (Å²) in [7, 11) is 0. The Morgan fingerprint density at radius 1 is 1.12 bits per heavy atom. The molecule has 2 nitrogen and oxygen atoms in total. The van der Waals surface area contributed by atoms with Gasteiger partial charge in [0.05, 0.1) is 13.2 Å². The van der Waals surface area contributed by atoms with Gasteiger partial charge in [-0.1, -0.05) is 12.2 Å². The molecule has 3 heteroatoms. The van der Waals surface area contributed by atoms with E-state index in [1.807, 2.05) is 6.08 Å². The van der Waals surface area contributed by atoms with Gasteiger partial charge in [-0.05, 0) is 43.5 Å². The van der Waals surface area contributed by atoms with E-state index < -0.39 is 0 Å². The molecule has 0 spiro atoms. The number of hydrogen-bond donors (Lipinski definition) is 1. The summed E-state index contributed by atoms with van der Waals surface area (Å²) in [4.78, 5) is 0. The molecule has 16 heavy (non-hydrogen) atoms. The van der Waals surface area contributed by atoms with Gasteiger partial charge in [0.1, 0.15) is 11.6 Å². The van der Waals surface area contributed by atoms with Crippen molar-refractivity contribution < 1.29 is 14.2 Å². The maximum atomic E-state index is 12.6. The molecule has 1 aromatic rings. The van der Waals surface area contributed by atoms with Crippen LogP contribution in [0.15, 0.2) is 36.4 Å². The summed E-state index contributed by atoms with van der Waals surface area (Å²) in [6.07, 6.45) is 6.62. The average molecular weight is 224 g/mol. The minimum atomic E-state index is -0.249. The zero-order valence-electron chi connectivity index (χ0n) is 9.23. The second-order valence-corrected chi connectivity index (χ2v) is 3.45. The average Bonchev–Trinajstić information content (AvgIpc) is 2.30. The number of aliphatic hydroxyl groups excluding tert-OH is 1. The highest BCUT2D eigenvalue weighted by Gasteiger charge is 1.94. The van der Waals surface area contributed by atoms with Gasteiger partial charge in [-0.15, -0.1) is 0 Å². The van der Waals surface area contributed by atoms with Gasteiger partial charge < -0.3 is 9.84 Å². The summed E-state index contributed by atoms with van der Waals surface area (Å²) in [5.41, 5.74) is 0. The number of benzene rings is 1. The number of unbranched alkanes of at least 4 members (excludes halogenated alkanes) is 2. The van der Waals surface area contributed by atoms with Crippen molar-refractivity contribution in [3.05, 3.63) is 42.2 Å². The van der Waals surface area contributed by atoms with Crippen LogP contribution in [0.4, 0.5) is 4.39 Å². The second-order valence-electron chi connectivity index (χ2n) is 3.45. The summed E-state index contributed by atoms with van der Waals surface area (Å²) >= 11 is 0.